The van der Waals surface area contributed by atoms with Crippen LogP contribution in [0.5, 0.6) is 5.75 Å². The minimum absolute atomic E-state index is 0.0439. The number of hydrogen-bond acceptors (Lipinski definition) is 7. The fourth-order valence-corrected chi connectivity index (χ4v) is 4.41. The van der Waals surface area contributed by atoms with Crippen LogP contribution in [-0.4, -0.2) is 59.8 Å². The molecular weight excluding hydrogens is 550 g/mol. The van der Waals surface area contributed by atoms with E-state index >= 15 is 0 Å². The Kier molecular flexibility index (Phi) is 13.0. The molecule has 0 aliphatic heterocycles. The molecule has 0 aromatic heterocycles. The Labute approximate surface area is 255 Å². The number of carbonyl (C=O) groups excluding carboxylic acids is 4. The smallest absolute Gasteiger partial charge is 0.444 e. The first-order valence-corrected chi connectivity index (χ1v) is 14.7. The average Bonchev–Trinajstić information content (AvgIpc) is 2.92. The number of nitrogens with two attached hydrogens (primary N) is 1. The minimum Gasteiger partial charge on any atom is -0.444 e. The molecule has 0 fully saturated rings. The molecule has 3 N–H and O–H groups in total. The Hall–Kier alpha value is -4.08. The zero-order chi connectivity index (χ0) is 32.3. The van der Waals surface area contributed by atoms with Crippen LogP contribution < -0.4 is 15.8 Å². The molecule has 0 radical (unpaired) electrons. The summed E-state index contributed by atoms with van der Waals surface area (Å²) in [5.74, 6) is -0.680. The Balaban J connectivity index is 2.39. The van der Waals surface area contributed by atoms with E-state index in [0.717, 1.165) is 5.56 Å². The van der Waals surface area contributed by atoms with Crippen LogP contribution >= 0.6 is 0 Å². The number of carbonyl (C=O) groups is 4. The lowest BCUT2D eigenvalue weighted by molar-refractivity contribution is -0.140. The van der Waals surface area contributed by atoms with E-state index < -0.39 is 41.7 Å². The molecule has 0 aliphatic rings. The number of primary amides is 1. The van der Waals surface area contributed by atoms with Gasteiger partial charge in [0, 0.05) is 13.0 Å². The van der Waals surface area contributed by atoms with Gasteiger partial charge in [-0.25, -0.2) is 9.59 Å². The number of hydrogen-bond donors (Lipinski definition) is 2. The highest BCUT2D eigenvalue weighted by atomic mass is 16.7. The van der Waals surface area contributed by atoms with Gasteiger partial charge in [-0.3, -0.25) is 9.59 Å². The Morgan fingerprint density at radius 1 is 0.977 bits per heavy atom. The Morgan fingerprint density at radius 2 is 1.63 bits per heavy atom. The molecular formula is C33H47N3O7. The molecule has 0 saturated carbocycles. The second-order valence-corrected chi connectivity index (χ2v) is 12.2. The van der Waals surface area contributed by atoms with Gasteiger partial charge >= 0.3 is 12.2 Å². The number of rotatable bonds is 13. The zero-order valence-electron chi connectivity index (χ0n) is 26.7. The standard InChI is InChI=1S/C33H47N3O7/c1-21(2)20-41-32(40)42-28-22(3)16-17-26(23(28)4)19-27(35-31(39)43-33(6,7)8)30(38)36(24(5)29(34)37)18-12-15-25-13-10-9-11-14-25/h9-11,13-14,16-17,21,24,27H,12,15,18-20H2,1-8H3,(H2,34,37)(H,35,39)/t24-,27?/m1/s1. The molecule has 2 atom stereocenters. The summed E-state index contributed by atoms with van der Waals surface area (Å²) >= 11 is 0. The monoisotopic (exact) mass is 597 g/mol. The van der Waals surface area contributed by atoms with Crippen molar-refractivity contribution < 1.29 is 33.4 Å². The van der Waals surface area contributed by atoms with E-state index in [4.69, 9.17) is 19.9 Å². The number of amides is 3. The Bertz CT molecular complexity index is 1260. The van der Waals surface area contributed by atoms with Crippen LogP contribution in [0.15, 0.2) is 42.5 Å². The van der Waals surface area contributed by atoms with Gasteiger partial charge < -0.3 is 30.2 Å². The van der Waals surface area contributed by atoms with E-state index in [0.29, 0.717) is 35.3 Å². The number of nitrogens with one attached hydrogen (secondary N) is 1. The molecule has 3 amide bonds. The van der Waals surface area contributed by atoms with Gasteiger partial charge in [-0.2, -0.15) is 0 Å². The van der Waals surface area contributed by atoms with Crippen molar-refractivity contribution >= 4 is 24.1 Å². The highest BCUT2D eigenvalue weighted by Crippen LogP contribution is 2.28. The van der Waals surface area contributed by atoms with Crippen LogP contribution in [-0.2, 0) is 31.9 Å². The van der Waals surface area contributed by atoms with Crippen molar-refractivity contribution in [2.75, 3.05) is 13.2 Å². The van der Waals surface area contributed by atoms with Gasteiger partial charge in [-0.1, -0.05) is 56.3 Å². The molecule has 0 heterocycles. The second kappa shape index (κ2) is 16.0. The summed E-state index contributed by atoms with van der Waals surface area (Å²) in [6.45, 7) is 14.6. The third-order valence-electron chi connectivity index (χ3n) is 6.72. The third-order valence-corrected chi connectivity index (χ3v) is 6.72. The summed E-state index contributed by atoms with van der Waals surface area (Å²) in [5.41, 5.74) is 7.91. The summed E-state index contributed by atoms with van der Waals surface area (Å²) in [7, 11) is 0. The van der Waals surface area contributed by atoms with E-state index in [1.54, 1.807) is 47.6 Å². The molecule has 2 aromatic rings. The highest BCUT2D eigenvalue weighted by Gasteiger charge is 2.33. The predicted octanol–water partition coefficient (Wildman–Crippen LogP) is 5.25. The third kappa shape index (κ3) is 11.6. The van der Waals surface area contributed by atoms with E-state index in [2.05, 4.69) is 5.32 Å². The lowest BCUT2D eigenvalue weighted by Crippen LogP contribution is -2.55. The second-order valence-electron chi connectivity index (χ2n) is 12.2. The molecule has 2 aromatic carbocycles. The van der Waals surface area contributed by atoms with Gasteiger partial charge in [0.05, 0.1) is 6.61 Å². The van der Waals surface area contributed by atoms with Gasteiger partial charge in [0.25, 0.3) is 0 Å². The molecule has 0 aliphatic carbocycles. The molecule has 2 rings (SSSR count). The van der Waals surface area contributed by atoms with Crippen molar-refractivity contribution in [3.63, 3.8) is 0 Å². The van der Waals surface area contributed by atoms with Gasteiger partial charge in [0.2, 0.25) is 11.8 Å². The topological polar surface area (TPSA) is 137 Å². The summed E-state index contributed by atoms with van der Waals surface area (Å²) in [5, 5.41) is 2.70. The lowest BCUT2D eigenvalue weighted by Gasteiger charge is -2.32. The van der Waals surface area contributed by atoms with Gasteiger partial charge in [0.1, 0.15) is 23.4 Å². The van der Waals surface area contributed by atoms with Gasteiger partial charge in [0.15, 0.2) is 0 Å². The minimum atomic E-state index is -1.10. The van der Waals surface area contributed by atoms with E-state index in [-0.39, 0.29) is 25.5 Å². The Morgan fingerprint density at radius 3 is 2.21 bits per heavy atom. The first-order valence-electron chi connectivity index (χ1n) is 14.7. The quantitative estimate of drug-likeness (QED) is 0.238. The van der Waals surface area contributed by atoms with Crippen LogP contribution in [0, 0.1) is 19.8 Å². The molecule has 43 heavy (non-hydrogen) atoms. The van der Waals surface area contributed by atoms with E-state index in [9.17, 15) is 19.2 Å². The number of alkyl carbamates (subject to hydrolysis) is 1. The molecule has 0 spiro atoms. The highest BCUT2D eigenvalue weighted by molar-refractivity contribution is 5.91. The average molecular weight is 598 g/mol. The lowest BCUT2D eigenvalue weighted by atomic mass is 9.97. The van der Waals surface area contributed by atoms with Crippen LogP contribution in [0.3, 0.4) is 0 Å². The maximum Gasteiger partial charge on any atom is 0.513 e. The fourth-order valence-electron chi connectivity index (χ4n) is 4.41. The van der Waals surface area contributed by atoms with Gasteiger partial charge in [-0.05, 0) is 82.6 Å². The normalized spacial score (nSPS) is 12.7. The van der Waals surface area contributed by atoms with E-state index in [1.165, 1.54) is 4.90 Å². The van der Waals surface area contributed by atoms with Crippen LogP contribution in [0.25, 0.3) is 0 Å². The van der Waals surface area contributed by atoms with Crippen LogP contribution in [0.2, 0.25) is 0 Å². The maximum atomic E-state index is 14.1. The largest absolute Gasteiger partial charge is 0.513 e. The van der Waals surface area contributed by atoms with Crippen molar-refractivity contribution in [1.29, 1.82) is 0 Å². The SMILES string of the molecule is Cc1ccc(CC(NC(=O)OC(C)(C)C)C(=O)N(CCCc2ccccc2)[C@H](C)C(N)=O)c(C)c1OC(=O)OCC(C)C. The van der Waals surface area contributed by atoms with Crippen LogP contribution in [0.1, 0.15) is 70.2 Å². The maximum absolute atomic E-state index is 14.1. The van der Waals surface area contributed by atoms with Crippen molar-refractivity contribution in [3.05, 3.63) is 64.7 Å². The van der Waals surface area contributed by atoms with Crippen molar-refractivity contribution in [2.45, 2.75) is 92.3 Å². The summed E-state index contributed by atoms with van der Waals surface area (Å²) in [4.78, 5) is 53.0. The molecule has 10 nitrogen and oxygen atoms in total. The summed E-state index contributed by atoms with van der Waals surface area (Å²) in [6.07, 6.45) is -0.295. The predicted molar refractivity (Wildman–Crippen MR) is 165 cm³/mol. The first kappa shape index (κ1) is 35.1. The van der Waals surface area contributed by atoms with E-state index in [1.807, 2.05) is 50.2 Å². The van der Waals surface area contributed by atoms with Crippen molar-refractivity contribution in [2.24, 2.45) is 11.7 Å². The molecule has 10 heteroatoms. The summed E-state index contributed by atoms with van der Waals surface area (Å²) in [6, 6.07) is 11.4. The molecule has 1 unspecified atom stereocenters. The number of aryl methyl sites for hydroxylation is 2. The number of ether oxygens (including phenoxy) is 3. The zero-order valence-corrected chi connectivity index (χ0v) is 26.7. The fraction of sp³-hybridized carbons (Fsp3) is 0.515. The van der Waals surface area contributed by atoms with Crippen LogP contribution in [0.4, 0.5) is 9.59 Å². The van der Waals surface area contributed by atoms with Gasteiger partial charge in [-0.15, -0.1) is 0 Å². The number of benzene rings is 2. The van der Waals surface area contributed by atoms with Crippen molar-refractivity contribution in [3.8, 4) is 5.75 Å². The summed E-state index contributed by atoms with van der Waals surface area (Å²) < 4.78 is 16.2. The van der Waals surface area contributed by atoms with Crippen molar-refractivity contribution in [1.82, 2.24) is 10.2 Å². The molecule has 0 saturated heterocycles. The molecule has 0 bridgehead atoms. The first-order chi connectivity index (χ1) is 20.1. The molecule has 236 valence electrons. The number of nitrogens with zero attached hydrogens (tertiary/aromatic N) is 1.